The van der Waals surface area contributed by atoms with Gasteiger partial charge in [0, 0.05) is 23.5 Å². The second-order valence-corrected chi connectivity index (χ2v) is 5.57. The van der Waals surface area contributed by atoms with E-state index >= 15 is 0 Å². The maximum Gasteiger partial charge on any atom is 0.293 e. The van der Waals surface area contributed by atoms with E-state index in [1.165, 1.54) is 5.56 Å². The third-order valence-electron chi connectivity index (χ3n) is 4.02. The lowest BCUT2D eigenvalue weighted by Gasteiger charge is -1.97. The van der Waals surface area contributed by atoms with E-state index in [1.807, 2.05) is 19.1 Å². The quantitative estimate of drug-likeness (QED) is 0.719. The molecule has 0 amide bonds. The molecule has 2 aromatic heterocycles. The topological polar surface area (TPSA) is 61.3 Å². The minimum Gasteiger partial charge on any atom is -0.451 e. The van der Waals surface area contributed by atoms with Crippen LogP contribution in [0.25, 0.3) is 22.6 Å². The molecule has 1 fully saturated rings. The second-order valence-electron chi connectivity index (χ2n) is 5.57. The monoisotopic (exact) mass is 284 g/mol. The molecular formula is C16H16N2O3. The van der Waals surface area contributed by atoms with Crippen molar-refractivity contribution in [3.8, 4) is 11.7 Å². The van der Waals surface area contributed by atoms with Crippen LogP contribution in [0.1, 0.15) is 29.3 Å². The van der Waals surface area contributed by atoms with Crippen molar-refractivity contribution in [2.24, 2.45) is 0 Å². The molecular weight excluding hydrogens is 268 g/mol. The van der Waals surface area contributed by atoms with Gasteiger partial charge in [-0.1, -0.05) is 16.8 Å². The van der Waals surface area contributed by atoms with Gasteiger partial charge >= 0.3 is 0 Å². The van der Waals surface area contributed by atoms with E-state index < -0.39 is 0 Å². The third-order valence-corrected chi connectivity index (χ3v) is 4.02. The summed E-state index contributed by atoms with van der Waals surface area (Å²) in [4.78, 5) is 4.49. The lowest BCUT2D eigenvalue weighted by molar-refractivity contribution is 0.192. The van der Waals surface area contributed by atoms with E-state index in [0.717, 1.165) is 29.6 Å². The number of hydrogen-bond acceptors (Lipinski definition) is 5. The summed E-state index contributed by atoms with van der Waals surface area (Å²) >= 11 is 0. The summed E-state index contributed by atoms with van der Waals surface area (Å²) in [5.41, 5.74) is 3.08. The highest BCUT2D eigenvalue weighted by Gasteiger charge is 2.25. The first-order valence-electron chi connectivity index (χ1n) is 7.14. The van der Waals surface area contributed by atoms with Gasteiger partial charge in [-0.3, -0.25) is 0 Å². The Kier molecular flexibility index (Phi) is 2.82. The van der Waals surface area contributed by atoms with Crippen LogP contribution in [0.5, 0.6) is 0 Å². The van der Waals surface area contributed by atoms with E-state index in [-0.39, 0.29) is 5.92 Å². The van der Waals surface area contributed by atoms with Gasteiger partial charge in [0.2, 0.25) is 0 Å². The molecule has 0 bridgehead atoms. The van der Waals surface area contributed by atoms with Crippen LogP contribution in [0.2, 0.25) is 0 Å². The van der Waals surface area contributed by atoms with Crippen LogP contribution in [0.4, 0.5) is 0 Å². The first kappa shape index (κ1) is 12.6. The smallest absolute Gasteiger partial charge is 0.293 e. The molecule has 1 atom stereocenters. The van der Waals surface area contributed by atoms with E-state index in [1.54, 1.807) is 0 Å². The highest BCUT2D eigenvalue weighted by Crippen LogP contribution is 2.33. The van der Waals surface area contributed by atoms with Crippen LogP contribution in [0, 0.1) is 13.8 Å². The van der Waals surface area contributed by atoms with Crippen molar-refractivity contribution in [1.82, 2.24) is 10.1 Å². The normalized spacial score (nSPS) is 18.7. The minimum atomic E-state index is 0.231. The molecule has 0 radical (unpaired) electrons. The number of aromatic nitrogens is 2. The van der Waals surface area contributed by atoms with Crippen molar-refractivity contribution < 1.29 is 13.7 Å². The van der Waals surface area contributed by atoms with Crippen molar-refractivity contribution in [3.63, 3.8) is 0 Å². The molecule has 5 nitrogen and oxygen atoms in total. The Balaban J connectivity index is 1.77. The summed E-state index contributed by atoms with van der Waals surface area (Å²) in [5.74, 6) is 2.05. The van der Waals surface area contributed by atoms with Crippen LogP contribution in [0.3, 0.4) is 0 Å². The van der Waals surface area contributed by atoms with Crippen molar-refractivity contribution in [1.29, 1.82) is 0 Å². The van der Waals surface area contributed by atoms with E-state index in [9.17, 15) is 0 Å². The molecule has 21 heavy (non-hydrogen) atoms. The zero-order chi connectivity index (χ0) is 14.4. The fraction of sp³-hybridized carbons (Fsp3) is 0.375. The van der Waals surface area contributed by atoms with Crippen LogP contribution < -0.4 is 0 Å². The Morgan fingerprint density at radius 2 is 2.14 bits per heavy atom. The first-order valence-corrected chi connectivity index (χ1v) is 7.14. The van der Waals surface area contributed by atoms with E-state index in [0.29, 0.717) is 24.1 Å². The summed E-state index contributed by atoms with van der Waals surface area (Å²) < 4.78 is 16.6. The highest BCUT2D eigenvalue weighted by atomic mass is 16.5. The minimum absolute atomic E-state index is 0.231. The zero-order valence-electron chi connectivity index (χ0n) is 12.0. The average molecular weight is 284 g/mol. The number of ether oxygens (including phenoxy) is 1. The van der Waals surface area contributed by atoms with Gasteiger partial charge in [-0.15, -0.1) is 0 Å². The summed E-state index contributed by atoms with van der Waals surface area (Å²) in [6.45, 7) is 5.51. The fourth-order valence-corrected chi connectivity index (χ4v) is 2.77. The number of hydrogen-bond donors (Lipinski definition) is 0. The zero-order valence-corrected chi connectivity index (χ0v) is 12.0. The number of nitrogens with zero attached hydrogens (tertiary/aromatic N) is 2. The molecule has 0 aliphatic carbocycles. The third kappa shape index (κ3) is 2.05. The Bertz CT molecular complexity index is 797. The van der Waals surface area contributed by atoms with Gasteiger partial charge in [-0.25, -0.2) is 0 Å². The fourth-order valence-electron chi connectivity index (χ4n) is 2.77. The van der Waals surface area contributed by atoms with E-state index in [4.69, 9.17) is 13.7 Å². The number of aryl methyl sites for hydroxylation is 2. The Hall–Kier alpha value is -2.14. The standard InChI is InChI=1S/C16H16N2O3/c1-9-3-4-13-12(7-9)10(2)14(20-13)16-17-15(18-21-16)11-5-6-19-8-11/h3-4,7,11H,5-6,8H2,1-2H3/t11-/m1/s1. The number of rotatable bonds is 2. The largest absolute Gasteiger partial charge is 0.451 e. The number of furan rings is 1. The lowest BCUT2D eigenvalue weighted by atomic mass is 10.1. The Labute approximate surface area is 121 Å². The highest BCUT2D eigenvalue weighted by molar-refractivity contribution is 5.86. The molecule has 1 saturated heterocycles. The van der Waals surface area contributed by atoms with Gasteiger partial charge in [0.05, 0.1) is 6.61 Å². The molecule has 0 spiro atoms. The Morgan fingerprint density at radius 1 is 1.24 bits per heavy atom. The van der Waals surface area contributed by atoms with Crippen molar-refractivity contribution in [2.45, 2.75) is 26.2 Å². The predicted octanol–water partition coefficient (Wildman–Crippen LogP) is 3.60. The molecule has 0 N–H and O–H groups in total. The van der Waals surface area contributed by atoms with E-state index in [2.05, 4.69) is 23.1 Å². The number of benzene rings is 1. The average Bonchev–Trinajstić information content (AvgIpc) is 3.18. The van der Waals surface area contributed by atoms with Crippen molar-refractivity contribution in [3.05, 3.63) is 35.2 Å². The summed E-state index contributed by atoms with van der Waals surface area (Å²) in [5, 5.41) is 5.17. The summed E-state index contributed by atoms with van der Waals surface area (Å²) in [6.07, 6.45) is 0.942. The van der Waals surface area contributed by atoms with Crippen LogP contribution >= 0.6 is 0 Å². The Morgan fingerprint density at radius 3 is 2.95 bits per heavy atom. The van der Waals surface area contributed by atoms with Gasteiger partial charge in [-0.05, 0) is 32.4 Å². The maximum absolute atomic E-state index is 5.89. The molecule has 5 heteroatoms. The van der Waals surface area contributed by atoms with Crippen LogP contribution in [0.15, 0.2) is 27.1 Å². The molecule has 108 valence electrons. The molecule has 3 heterocycles. The summed E-state index contributed by atoms with van der Waals surface area (Å²) in [7, 11) is 0. The van der Waals surface area contributed by atoms with Gasteiger partial charge in [0.15, 0.2) is 11.6 Å². The number of fused-ring (bicyclic) bond motifs is 1. The van der Waals surface area contributed by atoms with Gasteiger partial charge in [0.1, 0.15) is 5.58 Å². The van der Waals surface area contributed by atoms with Gasteiger partial charge < -0.3 is 13.7 Å². The van der Waals surface area contributed by atoms with Gasteiger partial charge in [0.25, 0.3) is 5.89 Å². The summed E-state index contributed by atoms with van der Waals surface area (Å²) in [6, 6.07) is 6.12. The van der Waals surface area contributed by atoms with Crippen LogP contribution in [-0.2, 0) is 4.74 Å². The first-order chi connectivity index (χ1) is 10.2. The molecule has 4 rings (SSSR count). The molecule has 3 aromatic rings. The SMILES string of the molecule is Cc1ccc2oc(-c3nc([C@@H]4CCOC4)no3)c(C)c2c1. The lowest BCUT2D eigenvalue weighted by Crippen LogP contribution is -1.99. The van der Waals surface area contributed by atoms with Crippen molar-refractivity contribution >= 4 is 11.0 Å². The van der Waals surface area contributed by atoms with Crippen molar-refractivity contribution in [2.75, 3.05) is 13.2 Å². The predicted molar refractivity (Wildman–Crippen MR) is 77.2 cm³/mol. The maximum atomic E-state index is 5.89. The second kappa shape index (κ2) is 4.70. The van der Waals surface area contributed by atoms with Crippen LogP contribution in [-0.4, -0.2) is 23.4 Å². The molecule has 0 unspecified atom stereocenters. The molecule has 1 aliphatic heterocycles. The van der Waals surface area contributed by atoms with Gasteiger partial charge in [-0.2, -0.15) is 4.98 Å². The molecule has 1 aromatic carbocycles. The molecule has 0 saturated carbocycles. The molecule has 1 aliphatic rings.